The minimum Gasteiger partial charge on any atom is -0.480 e. The lowest BCUT2D eigenvalue weighted by Crippen LogP contribution is -2.37. The summed E-state index contributed by atoms with van der Waals surface area (Å²) in [4.78, 5) is 28.7. The van der Waals surface area contributed by atoms with Gasteiger partial charge in [-0.1, -0.05) is 30.4 Å². The number of rotatable bonds is 7. The standard InChI is InChI=1S/C14H17N3O3S/c1-2-7-17(9-13(19)20)8-12(18)16-14-15-10-5-3-4-6-11(10)21-14/h3-6H,2,7-9H2,1H3,(H,19,20)(H,15,16,18). The molecule has 1 aromatic carbocycles. The highest BCUT2D eigenvalue weighted by Gasteiger charge is 2.14. The Morgan fingerprint density at radius 2 is 2.10 bits per heavy atom. The van der Waals surface area contributed by atoms with Gasteiger partial charge >= 0.3 is 5.97 Å². The summed E-state index contributed by atoms with van der Waals surface area (Å²) in [5.74, 6) is -1.18. The maximum atomic E-state index is 12.0. The van der Waals surface area contributed by atoms with Crippen LogP contribution in [-0.2, 0) is 9.59 Å². The molecule has 1 aromatic heterocycles. The number of aliphatic carboxylic acids is 1. The van der Waals surface area contributed by atoms with Crippen LogP contribution < -0.4 is 5.32 Å². The van der Waals surface area contributed by atoms with Crippen molar-refractivity contribution in [1.29, 1.82) is 0 Å². The second kappa shape index (κ2) is 7.14. The first-order valence-electron chi connectivity index (χ1n) is 6.68. The molecule has 2 aromatic rings. The van der Waals surface area contributed by atoms with Crippen LogP contribution in [-0.4, -0.2) is 46.5 Å². The van der Waals surface area contributed by atoms with Crippen LogP contribution in [0.1, 0.15) is 13.3 Å². The Labute approximate surface area is 126 Å². The van der Waals surface area contributed by atoms with Gasteiger partial charge in [-0.05, 0) is 25.1 Å². The number of carbonyl (C=O) groups excluding carboxylic acids is 1. The topological polar surface area (TPSA) is 82.5 Å². The highest BCUT2D eigenvalue weighted by Crippen LogP contribution is 2.25. The van der Waals surface area contributed by atoms with Crippen molar-refractivity contribution in [3.8, 4) is 0 Å². The van der Waals surface area contributed by atoms with Crippen molar-refractivity contribution in [3.63, 3.8) is 0 Å². The number of carbonyl (C=O) groups is 2. The Morgan fingerprint density at radius 3 is 2.76 bits per heavy atom. The van der Waals surface area contributed by atoms with Crippen LogP contribution in [0, 0.1) is 0 Å². The van der Waals surface area contributed by atoms with Crippen molar-refractivity contribution in [1.82, 2.24) is 9.88 Å². The zero-order chi connectivity index (χ0) is 15.2. The molecule has 112 valence electrons. The molecule has 0 bridgehead atoms. The quantitative estimate of drug-likeness (QED) is 0.818. The fraction of sp³-hybridized carbons (Fsp3) is 0.357. The Morgan fingerprint density at radius 1 is 1.33 bits per heavy atom. The van der Waals surface area contributed by atoms with E-state index < -0.39 is 5.97 Å². The number of para-hydroxylation sites is 1. The van der Waals surface area contributed by atoms with E-state index in [-0.39, 0.29) is 19.0 Å². The van der Waals surface area contributed by atoms with Crippen LogP contribution in [0.2, 0.25) is 0 Å². The smallest absolute Gasteiger partial charge is 0.317 e. The summed E-state index contributed by atoms with van der Waals surface area (Å²) in [5.41, 5.74) is 0.841. The first-order valence-corrected chi connectivity index (χ1v) is 7.49. The number of nitrogens with one attached hydrogen (secondary N) is 1. The summed E-state index contributed by atoms with van der Waals surface area (Å²) in [5, 5.41) is 12.1. The van der Waals surface area contributed by atoms with Crippen molar-refractivity contribution >= 4 is 38.6 Å². The van der Waals surface area contributed by atoms with E-state index in [2.05, 4.69) is 10.3 Å². The fourth-order valence-electron chi connectivity index (χ4n) is 2.01. The van der Waals surface area contributed by atoms with Crippen LogP contribution in [0.5, 0.6) is 0 Å². The van der Waals surface area contributed by atoms with Gasteiger partial charge in [-0.2, -0.15) is 0 Å². The summed E-state index contributed by atoms with van der Waals surface area (Å²) in [6, 6.07) is 7.64. The number of amides is 1. The molecule has 1 amide bonds. The molecular weight excluding hydrogens is 290 g/mol. The maximum absolute atomic E-state index is 12.0. The van der Waals surface area contributed by atoms with Crippen LogP contribution in [0.25, 0.3) is 10.2 Å². The summed E-state index contributed by atoms with van der Waals surface area (Å²) >= 11 is 1.40. The van der Waals surface area contributed by atoms with Crippen LogP contribution >= 0.6 is 11.3 Å². The Hall–Kier alpha value is -1.99. The van der Waals surface area contributed by atoms with Crippen molar-refractivity contribution in [2.45, 2.75) is 13.3 Å². The number of hydrogen-bond donors (Lipinski definition) is 2. The van der Waals surface area contributed by atoms with Gasteiger partial charge in [-0.15, -0.1) is 0 Å². The molecule has 0 spiro atoms. The molecule has 2 rings (SSSR count). The molecule has 0 fully saturated rings. The SMILES string of the molecule is CCCN(CC(=O)O)CC(=O)Nc1nc2ccccc2s1. The Bertz CT molecular complexity index is 608. The summed E-state index contributed by atoms with van der Waals surface area (Å²) in [6.45, 7) is 2.43. The molecule has 1 heterocycles. The third-order valence-corrected chi connectivity index (χ3v) is 3.76. The Balaban J connectivity index is 1.97. The van der Waals surface area contributed by atoms with E-state index in [4.69, 9.17) is 5.11 Å². The second-order valence-corrected chi connectivity index (χ2v) is 5.67. The molecule has 0 aliphatic rings. The van der Waals surface area contributed by atoms with Gasteiger partial charge in [0.25, 0.3) is 0 Å². The minimum absolute atomic E-state index is 0.0517. The normalized spacial score (nSPS) is 11.0. The molecule has 0 aliphatic heterocycles. The summed E-state index contributed by atoms with van der Waals surface area (Å²) in [7, 11) is 0. The number of thiazole rings is 1. The number of nitrogens with zero attached hydrogens (tertiary/aromatic N) is 2. The van der Waals surface area contributed by atoms with Crippen LogP contribution in [0.4, 0.5) is 5.13 Å². The fourth-order valence-corrected chi connectivity index (χ4v) is 2.89. The molecule has 0 aliphatic carbocycles. The van der Waals surface area contributed by atoms with Crippen molar-refractivity contribution in [2.75, 3.05) is 25.0 Å². The van der Waals surface area contributed by atoms with E-state index in [1.807, 2.05) is 31.2 Å². The molecule has 0 saturated carbocycles. The van der Waals surface area contributed by atoms with Gasteiger partial charge in [0.05, 0.1) is 23.3 Å². The third-order valence-electron chi connectivity index (χ3n) is 2.81. The number of aromatic nitrogens is 1. The predicted molar refractivity (Wildman–Crippen MR) is 82.6 cm³/mol. The van der Waals surface area contributed by atoms with Crippen LogP contribution in [0.15, 0.2) is 24.3 Å². The van der Waals surface area contributed by atoms with Gasteiger partial charge in [-0.3, -0.25) is 14.5 Å². The van der Waals surface area contributed by atoms with E-state index in [1.165, 1.54) is 11.3 Å². The predicted octanol–water partition coefficient (Wildman–Crippen LogP) is 2.03. The monoisotopic (exact) mass is 307 g/mol. The third kappa shape index (κ3) is 4.51. The lowest BCUT2D eigenvalue weighted by molar-refractivity contribution is -0.138. The number of anilines is 1. The molecule has 0 unspecified atom stereocenters. The average molecular weight is 307 g/mol. The molecule has 2 N–H and O–H groups in total. The van der Waals surface area contributed by atoms with Crippen molar-refractivity contribution < 1.29 is 14.7 Å². The van der Waals surface area contributed by atoms with E-state index in [1.54, 1.807) is 4.90 Å². The van der Waals surface area contributed by atoms with Crippen molar-refractivity contribution in [3.05, 3.63) is 24.3 Å². The van der Waals surface area contributed by atoms with Gasteiger partial charge < -0.3 is 10.4 Å². The Kier molecular flexibility index (Phi) is 5.24. The summed E-state index contributed by atoms with van der Waals surface area (Å²) < 4.78 is 1.00. The largest absolute Gasteiger partial charge is 0.480 e. The van der Waals surface area contributed by atoms with E-state index in [0.29, 0.717) is 11.7 Å². The zero-order valence-electron chi connectivity index (χ0n) is 11.7. The zero-order valence-corrected chi connectivity index (χ0v) is 12.5. The number of fused-ring (bicyclic) bond motifs is 1. The highest BCUT2D eigenvalue weighted by molar-refractivity contribution is 7.22. The van der Waals surface area contributed by atoms with E-state index in [0.717, 1.165) is 16.6 Å². The highest BCUT2D eigenvalue weighted by atomic mass is 32.1. The lowest BCUT2D eigenvalue weighted by atomic mass is 10.3. The first-order chi connectivity index (χ1) is 10.1. The van der Waals surface area contributed by atoms with Gasteiger partial charge in [0.2, 0.25) is 5.91 Å². The molecule has 0 radical (unpaired) electrons. The average Bonchev–Trinajstić information content (AvgIpc) is 2.79. The number of benzene rings is 1. The minimum atomic E-state index is -0.934. The second-order valence-electron chi connectivity index (χ2n) is 4.64. The van der Waals surface area contributed by atoms with Crippen LogP contribution in [0.3, 0.4) is 0 Å². The molecule has 0 atom stereocenters. The first kappa shape index (κ1) is 15.4. The molecule has 6 nitrogen and oxygen atoms in total. The van der Waals surface area contributed by atoms with Crippen molar-refractivity contribution in [2.24, 2.45) is 0 Å². The lowest BCUT2D eigenvalue weighted by Gasteiger charge is -2.18. The van der Waals surface area contributed by atoms with Gasteiger partial charge in [-0.25, -0.2) is 4.98 Å². The summed E-state index contributed by atoms with van der Waals surface area (Å²) in [6.07, 6.45) is 0.793. The number of carboxylic acid groups (broad SMARTS) is 1. The molecule has 21 heavy (non-hydrogen) atoms. The van der Waals surface area contributed by atoms with Gasteiger partial charge in [0, 0.05) is 0 Å². The van der Waals surface area contributed by atoms with E-state index in [9.17, 15) is 9.59 Å². The maximum Gasteiger partial charge on any atom is 0.317 e. The molecular formula is C14H17N3O3S. The molecule has 7 heteroatoms. The number of carboxylic acids is 1. The van der Waals surface area contributed by atoms with E-state index >= 15 is 0 Å². The number of hydrogen-bond acceptors (Lipinski definition) is 5. The van der Waals surface area contributed by atoms with Gasteiger partial charge in [0.15, 0.2) is 5.13 Å². The molecule has 0 saturated heterocycles. The van der Waals surface area contributed by atoms with Gasteiger partial charge in [0.1, 0.15) is 0 Å².